The Bertz CT molecular complexity index is 553. The average Bonchev–Trinajstić information content (AvgIpc) is 2.36. The molecule has 1 heterocycles. The molecule has 0 unspecified atom stereocenters. The van der Waals surface area contributed by atoms with E-state index in [4.69, 9.17) is 0 Å². The molecule has 1 N–H and O–H groups in total. The van der Waals surface area contributed by atoms with Gasteiger partial charge < -0.3 is 5.32 Å². The van der Waals surface area contributed by atoms with Crippen LogP contribution in [-0.2, 0) is 6.42 Å². The van der Waals surface area contributed by atoms with Crippen LogP contribution in [0.2, 0.25) is 0 Å². The number of halogens is 2. The highest BCUT2D eigenvalue weighted by Gasteiger charge is 2.08. The van der Waals surface area contributed by atoms with Gasteiger partial charge in [-0.3, -0.25) is 0 Å². The minimum absolute atomic E-state index is 0.732. The molecule has 0 bridgehead atoms. The number of aromatic nitrogens is 2. The lowest BCUT2D eigenvalue weighted by Gasteiger charge is -2.08. The Morgan fingerprint density at radius 2 is 1.78 bits per heavy atom. The van der Waals surface area contributed by atoms with Gasteiger partial charge in [-0.05, 0) is 40.5 Å². The van der Waals surface area contributed by atoms with Crippen molar-refractivity contribution in [1.29, 1.82) is 0 Å². The summed E-state index contributed by atoms with van der Waals surface area (Å²) < 4.78 is 2.00. The Kier molecular flexibility index (Phi) is 4.35. The minimum atomic E-state index is 0.732. The van der Waals surface area contributed by atoms with Gasteiger partial charge in [0, 0.05) is 17.9 Å². The van der Waals surface area contributed by atoms with Crippen molar-refractivity contribution in [1.82, 2.24) is 9.97 Å². The molecule has 0 aliphatic rings. The first-order valence-corrected chi connectivity index (χ1v) is 7.14. The van der Waals surface area contributed by atoms with Crippen molar-refractivity contribution in [3.63, 3.8) is 0 Å². The molecule has 18 heavy (non-hydrogen) atoms. The fourth-order valence-corrected chi connectivity index (χ4v) is 2.29. The highest BCUT2D eigenvalue weighted by Crippen LogP contribution is 2.23. The summed E-state index contributed by atoms with van der Waals surface area (Å²) >= 11 is 6.90. The number of anilines is 1. The van der Waals surface area contributed by atoms with E-state index in [0.717, 1.165) is 32.7 Å². The van der Waals surface area contributed by atoms with Gasteiger partial charge in [-0.2, -0.15) is 0 Å². The molecule has 3 nitrogen and oxygen atoms in total. The smallest absolute Gasteiger partial charge is 0.144 e. The zero-order valence-corrected chi connectivity index (χ0v) is 13.3. The summed E-state index contributed by atoms with van der Waals surface area (Å²) in [5.74, 6) is 1.65. The number of hydrogen-bond acceptors (Lipinski definition) is 3. The van der Waals surface area contributed by atoms with Crippen molar-refractivity contribution in [3.05, 3.63) is 50.3 Å². The van der Waals surface area contributed by atoms with E-state index >= 15 is 0 Å². The minimum Gasteiger partial charge on any atom is -0.372 e. The van der Waals surface area contributed by atoms with Crippen molar-refractivity contribution in [3.8, 4) is 0 Å². The van der Waals surface area contributed by atoms with Gasteiger partial charge in [-0.25, -0.2) is 9.97 Å². The summed E-state index contributed by atoms with van der Waals surface area (Å²) in [7, 11) is 1.86. The molecular formula is C13H13Br2N3. The zero-order valence-electron chi connectivity index (χ0n) is 10.2. The summed E-state index contributed by atoms with van der Waals surface area (Å²) in [6, 6.07) is 8.20. The molecule has 2 aromatic rings. The third kappa shape index (κ3) is 3.09. The molecule has 0 aliphatic heterocycles. The van der Waals surface area contributed by atoms with Gasteiger partial charge in [-0.15, -0.1) is 0 Å². The Hall–Kier alpha value is -0.940. The maximum Gasteiger partial charge on any atom is 0.144 e. The summed E-state index contributed by atoms with van der Waals surface area (Å²) in [4.78, 5) is 8.98. The van der Waals surface area contributed by atoms with Gasteiger partial charge in [0.15, 0.2) is 0 Å². The number of nitrogens with zero attached hydrogens (tertiary/aromatic N) is 2. The van der Waals surface area contributed by atoms with E-state index in [1.165, 1.54) is 5.56 Å². The van der Waals surface area contributed by atoms with E-state index in [2.05, 4.69) is 59.3 Å². The predicted octanol–water partition coefficient (Wildman–Crippen LogP) is 3.94. The highest BCUT2D eigenvalue weighted by atomic mass is 79.9. The van der Waals surface area contributed by atoms with Gasteiger partial charge in [0.2, 0.25) is 0 Å². The maximum absolute atomic E-state index is 4.49. The Morgan fingerprint density at radius 1 is 1.11 bits per heavy atom. The van der Waals surface area contributed by atoms with Crippen LogP contribution in [0.15, 0.2) is 33.2 Å². The molecule has 0 aliphatic carbocycles. The zero-order chi connectivity index (χ0) is 13.1. The van der Waals surface area contributed by atoms with Gasteiger partial charge in [0.25, 0.3) is 0 Å². The molecular weight excluding hydrogens is 358 g/mol. The third-order valence-electron chi connectivity index (χ3n) is 2.58. The van der Waals surface area contributed by atoms with Crippen LogP contribution in [0.5, 0.6) is 0 Å². The monoisotopic (exact) mass is 369 g/mol. The summed E-state index contributed by atoms with van der Waals surface area (Å²) in [5, 5.41) is 3.07. The molecule has 5 heteroatoms. The first kappa shape index (κ1) is 13.5. The summed E-state index contributed by atoms with van der Waals surface area (Å²) in [6.07, 6.45) is 0.732. The van der Waals surface area contributed by atoms with Crippen LogP contribution in [0.4, 0.5) is 5.82 Å². The van der Waals surface area contributed by atoms with Crippen LogP contribution in [-0.4, -0.2) is 17.0 Å². The van der Waals surface area contributed by atoms with Crippen LogP contribution in [0, 0.1) is 6.92 Å². The number of nitrogens with one attached hydrogen (secondary N) is 1. The molecule has 94 valence electrons. The number of aryl methyl sites for hydroxylation is 1. The van der Waals surface area contributed by atoms with Crippen molar-refractivity contribution in [2.24, 2.45) is 0 Å². The molecule has 0 amide bonds. The van der Waals surface area contributed by atoms with Gasteiger partial charge in [0.1, 0.15) is 11.6 Å². The summed E-state index contributed by atoms with van der Waals surface area (Å²) in [5.41, 5.74) is 2.14. The van der Waals surface area contributed by atoms with Crippen LogP contribution < -0.4 is 5.32 Å². The second kappa shape index (κ2) is 5.80. The van der Waals surface area contributed by atoms with Crippen molar-refractivity contribution in [2.75, 3.05) is 12.4 Å². The number of rotatable bonds is 3. The molecule has 0 spiro atoms. The van der Waals surface area contributed by atoms with E-state index in [1.54, 1.807) is 0 Å². The second-order valence-corrected chi connectivity index (χ2v) is 5.65. The first-order chi connectivity index (χ1) is 8.60. The standard InChI is InChI=1S/C13H13Br2N3/c1-8-12(15)13(16-2)18-11(17-8)7-9-3-5-10(14)6-4-9/h3-6H,7H2,1-2H3,(H,16,17,18). The van der Waals surface area contributed by atoms with Crippen molar-refractivity contribution >= 4 is 37.7 Å². The van der Waals surface area contributed by atoms with Gasteiger partial charge in [0.05, 0.1) is 10.2 Å². The average molecular weight is 371 g/mol. The molecule has 1 aromatic carbocycles. The first-order valence-electron chi connectivity index (χ1n) is 5.55. The molecule has 0 radical (unpaired) electrons. The SMILES string of the molecule is CNc1nc(Cc2ccc(Br)cc2)nc(C)c1Br. The lowest BCUT2D eigenvalue weighted by Crippen LogP contribution is -2.04. The second-order valence-electron chi connectivity index (χ2n) is 3.94. The van der Waals surface area contributed by atoms with E-state index in [-0.39, 0.29) is 0 Å². The van der Waals surface area contributed by atoms with Crippen LogP contribution in [0.3, 0.4) is 0 Å². The predicted molar refractivity (Wildman–Crippen MR) is 81.0 cm³/mol. The molecule has 0 saturated heterocycles. The normalized spacial score (nSPS) is 10.4. The molecule has 2 rings (SSSR count). The summed E-state index contributed by atoms with van der Waals surface area (Å²) in [6.45, 7) is 1.97. The van der Waals surface area contributed by atoms with E-state index in [9.17, 15) is 0 Å². The molecule has 0 saturated carbocycles. The number of hydrogen-bond donors (Lipinski definition) is 1. The topological polar surface area (TPSA) is 37.8 Å². The molecule has 1 aromatic heterocycles. The maximum atomic E-state index is 4.49. The Labute approximate surface area is 123 Å². The highest BCUT2D eigenvalue weighted by molar-refractivity contribution is 9.10. The van der Waals surface area contributed by atoms with Crippen molar-refractivity contribution in [2.45, 2.75) is 13.3 Å². The van der Waals surface area contributed by atoms with Gasteiger partial charge in [-0.1, -0.05) is 28.1 Å². The van der Waals surface area contributed by atoms with Crippen LogP contribution >= 0.6 is 31.9 Å². The van der Waals surface area contributed by atoms with Crippen LogP contribution in [0.1, 0.15) is 17.1 Å². The van der Waals surface area contributed by atoms with Crippen LogP contribution in [0.25, 0.3) is 0 Å². The molecule has 0 fully saturated rings. The van der Waals surface area contributed by atoms with E-state index < -0.39 is 0 Å². The van der Waals surface area contributed by atoms with E-state index in [1.807, 2.05) is 26.1 Å². The van der Waals surface area contributed by atoms with E-state index in [0.29, 0.717) is 0 Å². The lowest BCUT2D eigenvalue weighted by molar-refractivity contribution is 0.936. The largest absolute Gasteiger partial charge is 0.372 e. The Morgan fingerprint density at radius 3 is 2.39 bits per heavy atom. The van der Waals surface area contributed by atoms with Gasteiger partial charge >= 0.3 is 0 Å². The fraction of sp³-hybridized carbons (Fsp3) is 0.231. The quantitative estimate of drug-likeness (QED) is 0.888. The Balaban J connectivity index is 2.29. The third-order valence-corrected chi connectivity index (χ3v) is 4.05. The van der Waals surface area contributed by atoms with Crippen molar-refractivity contribution < 1.29 is 0 Å². The lowest BCUT2D eigenvalue weighted by atomic mass is 10.1. The fourth-order valence-electron chi connectivity index (χ4n) is 1.65. The number of benzene rings is 1. The molecule has 0 atom stereocenters.